The first kappa shape index (κ1) is 17.1. The number of phenolic OH excluding ortho intramolecular Hbond substituents is 1. The molecule has 0 amide bonds. The van der Waals surface area contributed by atoms with E-state index in [0.29, 0.717) is 18.3 Å². The van der Waals surface area contributed by atoms with E-state index in [1.165, 1.54) is 5.56 Å². The topological polar surface area (TPSA) is 49.5 Å². The lowest BCUT2D eigenvalue weighted by atomic mass is 9.79. The van der Waals surface area contributed by atoms with Crippen LogP contribution in [0.1, 0.15) is 65.5 Å². The zero-order valence-corrected chi connectivity index (χ0v) is 15.0. The van der Waals surface area contributed by atoms with Crippen LogP contribution in [0.15, 0.2) is 12.1 Å². The summed E-state index contributed by atoms with van der Waals surface area (Å²) in [5.74, 6) is 0.431. The number of aromatic hydroxyl groups is 1. The van der Waals surface area contributed by atoms with Crippen molar-refractivity contribution in [2.45, 2.75) is 71.3 Å². The molecule has 1 atom stereocenters. The molecule has 22 heavy (non-hydrogen) atoms. The smallest absolute Gasteiger partial charge is 0.142 e. The highest BCUT2D eigenvalue weighted by Crippen LogP contribution is 2.43. The van der Waals surface area contributed by atoms with Gasteiger partial charge >= 0.3 is 0 Å². The average Bonchev–Trinajstić information content (AvgIpc) is 2.84. The van der Waals surface area contributed by atoms with E-state index < -0.39 is 0 Å². The zero-order valence-electron chi connectivity index (χ0n) is 15.0. The second kappa shape index (κ2) is 5.77. The van der Waals surface area contributed by atoms with Crippen LogP contribution in [0.3, 0.4) is 0 Å². The Morgan fingerprint density at radius 2 is 1.77 bits per heavy atom. The molecule has 0 spiro atoms. The van der Waals surface area contributed by atoms with Crippen molar-refractivity contribution >= 4 is 5.69 Å². The Morgan fingerprint density at radius 1 is 1.14 bits per heavy atom. The largest absolute Gasteiger partial charge is 0.505 e. The summed E-state index contributed by atoms with van der Waals surface area (Å²) in [6, 6.07) is 4.68. The highest BCUT2D eigenvalue weighted by Gasteiger charge is 2.30. The Morgan fingerprint density at radius 3 is 2.27 bits per heavy atom. The van der Waals surface area contributed by atoms with Crippen LogP contribution >= 0.6 is 0 Å². The molecule has 0 saturated carbocycles. The van der Waals surface area contributed by atoms with Gasteiger partial charge in [-0.25, -0.2) is 0 Å². The fourth-order valence-electron chi connectivity index (χ4n) is 3.24. The third-order valence-electron chi connectivity index (χ3n) is 4.72. The molecule has 0 bridgehead atoms. The zero-order chi connectivity index (χ0) is 16.7. The van der Waals surface area contributed by atoms with E-state index in [0.717, 1.165) is 30.6 Å². The van der Waals surface area contributed by atoms with Gasteiger partial charge in [0.25, 0.3) is 0 Å². The van der Waals surface area contributed by atoms with Gasteiger partial charge in [-0.2, -0.15) is 0 Å². The molecule has 124 valence electrons. The molecule has 2 rings (SSSR count). The average molecular weight is 304 g/mol. The molecule has 1 aromatic rings. The maximum atomic E-state index is 10.9. The van der Waals surface area contributed by atoms with E-state index in [-0.39, 0.29) is 10.8 Å². The van der Waals surface area contributed by atoms with E-state index in [1.807, 2.05) is 0 Å². The monoisotopic (exact) mass is 304 g/mol. The first-order valence-electron chi connectivity index (χ1n) is 8.40. The summed E-state index contributed by atoms with van der Waals surface area (Å²) in [6.45, 7) is 14.8. The molecule has 1 aliphatic heterocycles. The molecule has 3 N–H and O–H groups in total. The predicted molar refractivity (Wildman–Crippen MR) is 94.9 cm³/mol. The fraction of sp³-hybridized carbons (Fsp3) is 0.684. The van der Waals surface area contributed by atoms with Gasteiger partial charge in [0, 0.05) is 24.7 Å². The number of rotatable bonds is 2. The summed E-state index contributed by atoms with van der Waals surface area (Å²) in [5, 5.41) is 10.9. The molecule has 1 unspecified atom stereocenters. The second-order valence-corrected chi connectivity index (χ2v) is 8.62. The lowest BCUT2D eigenvalue weighted by Crippen LogP contribution is -2.36. The van der Waals surface area contributed by atoms with Crippen molar-refractivity contribution in [1.82, 2.24) is 0 Å². The number of hydrogen-bond donors (Lipinski definition) is 2. The third kappa shape index (κ3) is 3.24. The maximum absolute atomic E-state index is 10.9. The maximum Gasteiger partial charge on any atom is 0.142 e. The highest BCUT2D eigenvalue weighted by molar-refractivity contribution is 5.66. The standard InChI is InChI=1S/C19H32N2O/c1-18(2,3)13-10-15(19(4,5)6)17(22)16(11-13)21-9-7-8-14(21)12-20/h10-11,14,22H,7-9,12,20H2,1-6H3. The summed E-state index contributed by atoms with van der Waals surface area (Å²) in [5.41, 5.74) is 9.17. The van der Waals surface area contributed by atoms with Crippen molar-refractivity contribution in [2.75, 3.05) is 18.0 Å². The fourth-order valence-corrected chi connectivity index (χ4v) is 3.24. The van der Waals surface area contributed by atoms with Crippen LogP contribution in [0.25, 0.3) is 0 Å². The molecule has 1 aliphatic rings. The highest BCUT2D eigenvalue weighted by atomic mass is 16.3. The van der Waals surface area contributed by atoms with Gasteiger partial charge in [0.1, 0.15) is 5.75 Å². The minimum Gasteiger partial charge on any atom is -0.505 e. The molecule has 1 saturated heterocycles. The van der Waals surface area contributed by atoms with Crippen LogP contribution < -0.4 is 10.6 Å². The van der Waals surface area contributed by atoms with Gasteiger partial charge < -0.3 is 15.7 Å². The second-order valence-electron chi connectivity index (χ2n) is 8.62. The Bertz CT molecular complexity index is 538. The molecule has 3 nitrogen and oxygen atoms in total. The number of phenols is 1. The van der Waals surface area contributed by atoms with Crippen molar-refractivity contribution in [2.24, 2.45) is 5.73 Å². The van der Waals surface area contributed by atoms with Crippen LogP contribution in [-0.4, -0.2) is 24.2 Å². The van der Waals surface area contributed by atoms with Gasteiger partial charge in [0.2, 0.25) is 0 Å². The molecule has 0 aromatic heterocycles. The van der Waals surface area contributed by atoms with Gasteiger partial charge in [-0.3, -0.25) is 0 Å². The van der Waals surface area contributed by atoms with Gasteiger partial charge in [-0.1, -0.05) is 47.6 Å². The summed E-state index contributed by atoms with van der Waals surface area (Å²) in [6.07, 6.45) is 2.26. The molecular formula is C19H32N2O. The Balaban J connectivity index is 2.62. The Kier molecular flexibility index (Phi) is 4.49. The molecule has 0 aliphatic carbocycles. The molecule has 1 aromatic carbocycles. The van der Waals surface area contributed by atoms with Crippen molar-refractivity contribution in [3.63, 3.8) is 0 Å². The van der Waals surface area contributed by atoms with Gasteiger partial charge in [-0.05, 0) is 35.3 Å². The quantitative estimate of drug-likeness (QED) is 0.871. The van der Waals surface area contributed by atoms with Crippen LogP contribution in [0.5, 0.6) is 5.75 Å². The van der Waals surface area contributed by atoms with Crippen LogP contribution in [0.4, 0.5) is 5.69 Å². The molecule has 1 heterocycles. The normalized spacial score (nSPS) is 19.8. The first-order chi connectivity index (χ1) is 10.1. The van der Waals surface area contributed by atoms with Gasteiger partial charge in [0.05, 0.1) is 5.69 Å². The number of benzene rings is 1. The van der Waals surface area contributed by atoms with Crippen LogP contribution in [-0.2, 0) is 10.8 Å². The molecular weight excluding hydrogens is 272 g/mol. The van der Waals surface area contributed by atoms with E-state index in [2.05, 4.69) is 58.6 Å². The van der Waals surface area contributed by atoms with Crippen molar-refractivity contribution in [1.29, 1.82) is 0 Å². The first-order valence-corrected chi connectivity index (χ1v) is 8.40. The van der Waals surface area contributed by atoms with Crippen molar-refractivity contribution in [3.05, 3.63) is 23.3 Å². The summed E-state index contributed by atoms with van der Waals surface area (Å²) < 4.78 is 0. The Labute approximate surface area is 135 Å². The lowest BCUT2D eigenvalue weighted by molar-refractivity contribution is 0.443. The molecule has 0 radical (unpaired) electrons. The third-order valence-corrected chi connectivity index (χ3v) is 4.72. The number of hydrogen-bond acceptors (Lipinski definition) is 3. The number of nitrogens with zero attached hydrogens (tertiary/aromatic N) is 1. The summed E-state index contributed by atoms with van der Waals surface area (Å²) in [4.78, 5) is 2.31. The van der Waals surface area contributed by atoms with Crippen molar-refractivity contribution in [3.8, 4) is 5.75 Å². The van der Waals surface area contributed by atoms with E-state index in [1.54, 1.807) is 0 Å². The Hall–Kier alpha value is -1.22. The van der Waals surface area contributed by atoms with E-state index in [9.17, 15) is 5.11 Å². The predicted octanol–water partition coefficient (Wildman–Crippen LogP) is 3.91. The SMILES string of the molecule is CC(C)(C)c1cc(N2CCCC2CN)c(O)c(C(C)(C)C)c1. The summed E-state index contributed by atoms with van der Waals surface area (Å²) >= 11 is 0. The minimum atomic E-state index is -0.0853. The van der Waals surface area contributed by atoms with Gasteiger partial charge in [0.15, 0.2) is 0 Å². The van der Waals surface area contributed by atoms with E-state index >= 15 is 0 Å². The summed E-state index contributed by atoms with van der Waals surface area (Å²) in [7, 11) is 0. The van der Waals surface area contributed by atoms with E-state index in [4.69, 9.17) is 5.73 Å². The number of nitrogens with two attached hydrogens (primary N) is 1. The number of anilines is 1. The van der Waals surface area contributed by atoms with Crippen LogP contribution in [0.2, 0.25) is 0 Å². The minimum absolute atomic E-state index is 0.0559. The van der Waals surface area contributed by atoms with Crippen molar-refractivity contribution < 1.29 is 5.11 Å². The van der Waals surface area contributed by atoms with Crippen LogP contribution in [0, 0.1) is 0 Å². The molecule has 3 heteroatoms. The molecule has 1 fully saturated rings. The lowest BCUT2D eigenvalue weighted by Gasteiger charge is -2.32. The van der Waals surface area contributed by atoms with Gasteiger partial charge in [-0.15, -0.1) is 0 Å².